The summed E-state index contributed by atoms with van der Waals surface area (Å²) in [5.41, 5.74) is 0.916. The maximum absolute atomic E-state index is 10.5. The van der Waals surface area contributed by atoms with E-state index in [1.807, 2.05) is 12.1 Å². The zero-order valence-corrected chi connectivity index (χ0v) is 8.57. The number of carboxylic acid groups (broad SMARTS) is 1. The molecule has 0 unspecified atom stereocenters. The van der Waals surface area contributed by atoms with Gasteiger partial charge in [0.1, 0.15) is 5.01 Å². The van der Waals surface area contributed by atoms with E-state index in [9.17, 15) is 4.79 Å². The Bertz CT molecular complexity index is 467. The van der Waals surface area contributed by atoms with Crippen molar-refractivity contribution in [1.82, 2.24) is 9.97 Å². The van der Waals surface area contributed by atoms with Gasteiger partial charge in [-0.05, 0) is 12.1 Å². The highest BCUT2D eigenvalue weighted by molar-refractivity contribution is 7.15. The third-order valence-electron chi connectivity index (χ3n) is 1.79. The molecular weight excluding hydrogens is 212 g/mol. The van der Waals surface area contributed by atoms with E-state index in [0.29, 0.717) is 0 Å². The van der Waals surface area contributed by atoms with Crippen molar-refractivity contribution in [1.29, 1.82) is 0 Å². The molecule has 76 valence electrons. The molecule has 0 aliphatic heterocycles. The monoisotopic (exact) mass is 220 g/mol. The molecule has 0 saturated heterocycles. The molecule has 5 heteroatoms. The van der Waals surface area contributed by atoms with Crippen LogP contribution in [0.5, 0.6) is 0 Å². The first-order chi connectivity index (χ1) is 7.25. The Morgan fingerprint density at radius 1 is 1.47 bits per heavy atom. The molecule has 0 aromatic carbocycles. The fourth-order valence-electron chi connectivity index (χ4n) is 1.16. The minimum atomic E-state index is -0.837. The first-order valence-corrected chi connectivity index (χ1v) is 5.14. The van der Waals surface area contributed by atoms with E-state index in [0.717, 1.165) is 15.4 Å². The fraction of sp³-hybridized carbons (Fsp3) is 0.100. The van der Waals surface area contributed by atoms with Crippen LogP contribution in [0.2, 0.25) is 0 Å². The standard InChI is InChI=1S/C10H8N2O2S/c13-9(14)4-8-6-12-10(15-8)7-2-1-3-11-5-7/h1-3,5-6H,4H2,(H,13,14). The Balaban J connectivity index is 2.24. The van der Waals surface area contributed by atoms with Crippen LogP contribution < -0.4 is 0 Å². The minimum Gasteiger partial charge on any atom is -0.481 e. The molecule has 0 atom stereocenters. The summed E-state index contributed by atoms with van der Waals surface area (Å²) in [6, 6.07) is 3.73. The molecule has 2 aromatic heterocycles. The van der Waals surface area contributed by atoms with E-state index in [1.165, 1.54) is 11.3 Å². The third kappa shape index (κ3) is 2.38. The maximum atomic E-state index is 10.5. The van der Waals surface area contributed by atoms with Crippen molar-refractivity contribution >= 4 is 17.3 Å². The van der Waals surface area contributed by atoms with Gasteiger partial charge in [-0.1, -0.05) is 0 Å². The van der Waals surface area contributed by atoms with Crippen LogP contribution in [0, 0.1) is 0 Å². The lowest BCUT2D eigenvalue weighted by Gasteiger charge is -1.92. The van der Waals surface area contributed by atoms with Crippen molar-refractivity contribution in [2.45, 2.75) is 6.42 Å². The van der Waals surface area contributed by atoms with Gasteiger partial charge in [0.05, 0.1) is 6.42 Å². The van der Waals surface area contributed by atoms with Crippen LogP contribution in [0.4, 0.5) is 0 Å². The Kier molecular flexibility index (Phi) is 2.73. The number of carboxylic acids is 1. The number of carbonyl (C=O) groups is 1. The number of hydrogen-bond acceptors (Lipinski definition) is 4. The summed E-state index contributed by atoms with van der Waals surface area (Å²) in [5, 5.41) is 9.42. The third-order valence-corrected chi connectivity index (χ3v) is 2.83. The lowest BCUT2D eigenvalue weighted by molar-refractivity contribution is -0.136. The summed E-state index contributed by atoms with van der Waals surface area (Å²) in [6.45, 7) is 0. The average molecular weight is 220 g/mol. The molecule has 0 fully saturated rings. The molecule has 0 saturated carbocycles. The number of thiazole rings is 1. The van der Waals surface area contributed by atoms with Gasteiger partial charge in [-0.2, -0.15) is 0 Å². The second kappa shape index (κ2) is 4.18. The van der Waals surface area contributed by atoms with Crippen molar-refractivity contribution < 1.29 is 9.90 Å². The van der Waals surface area contributed by atoms with Gasteiger partial charge in [0.2, 0.25) is 0 Å². The second-order valence-corrected chi connectivity index (χ2v) is 4.06. The van der Waals surface area contributed by atoms with Gasteiger partial charge >= 0.3 is 5.97 Å². The van der Waals surface area contributed by atoms with Gasteiger partial charge in [-0.15, -0.1) is 11.3 Å². The molecule has 0 spiro atoms. The summed E-state index contributed by atoms with van der Waals surface area (Å²) in [7, 11) is 0. The first-order valence-electron chi connectivity index (χ1n) is 4.32. The highest BCUT2D eigenvalue weighted by Gasteiger charge is 2.07. The summed E-state index contributed by atoms with van der Waals surface area (Å²) in [4.78, 5) is 19.4. The maximum Gasteiger partial charge on any atom is 0.308 e. The van der Waals surface area contributed by atoms with Gasteiger partial charge in [0.25, 0.3) is 0 Å². The summed E-state index contributed by atoms with van der Waals surface area (Å²) >= 11 is 1.38. The Morgan fingerprint density at radius 2 is 2.33 bits per heavy atom. The van der Waals surface area contributed by atoms with Crippen molar-refractivity contribution in [3.63, 3.8) is 0 Å². The molecule has 15 heavy (non-hydrogen) atoms. The molecule has 2 heterocycles. The van der Waals surface area contributed by atoms with Gasteiger partial charge in [0.15, 0.2) is 0 Å². The topological polar surface area (TPSA) is 63.1 Å². The highest BCUT2D eigenvalue weighted by atomic mass is 32.1. The van der Waals surface area contributed by atoms with E-state index in [1.54, 1.807) is 18.6 Å². The van der Waals surface area contributed by atoms with Crippen molar-refractivity contribution in [2.24, 2.45) is 0 Å². The molecule has 0 aliphatic carbocycles. The van der Waals surface area contributed by atoms with Crippen molar-refractivity contribution in [3.8, 4) is 10.6 Å². The molecule has 0 amide bonds. The van der Waals surface area contributed by atoms with E-state index in [-0.39, 0.29) is 6.42 Å². The molecule has 0 radical (unpaired) electrons. The number of nitrogens with zero attached hydrogens (tertiary/aromatic N) is 2. The van der Waals surface area contributed by atoms with Gasteiger partial charge in [-0.25, -0.2) is 4.98 Å². The molecular formula is C10H8N2O2S. The number of aromatic nitrogens is 2. The van der Waals surface area contributed by atoms with Crippen LogP contribution in [0.15, 0.2) is 30.7 Å². The van der Waals surface area contributed by atoms with Crippen LogP contribution in [0.25, 0.3) is 10.6 Å². The van der Waals surface area contributed by atoms with Crippen molar-refractivity contribution in [3.05, 3.63) is 35.6 Å². The van der Waals surface area contributed by atoms with Crippen LogP contribution in [0.1, 0.15) is 4.88 Å². The molecule has 2 rings (SSSR count). The Hall–Kier alpha value is -1.75. The largest absolute Gasteiger partial charge is 0.481 e. The van der Waals surface area contributed by atoms with Crippen LogP contribution in [-0.4, -0.2) is 21.0 Å². The molecule has 1 N–H and O–H groups in total. The van der Waals surface area contributed by atoms with Crippen LogP contribution >= 0.6 is 11.3 Å². The zero-order chi connectivity index (χ0) is 10.7. The van der Waals surface area contributed by atoms with E-state index in [4.69, 9.17) is 5.11 Å². The number of rotatable bonds is 3. The SMILES string of the molecule is O=C(O)Cc1cnc(-c2cccnc2)s1. The van der Waals surface area contributed by atoms with E-state index >= 15 is 0 Å². The minimum absolute atomic E-state index is 0.0257. The first kappa shape index (κ1) is 9.79. The summed E-state index contributed by atoms with van der Waals surface area (Å²) in [5.74, 6) is -0.837. The van der Waals surface area contributed by atoms with Crippen molar-refractivity contribution in [2.75, 3.05) is 0 Å². The number of pyridine rings is 1. The lowest BCUT2D eigenvalue weighted by atomic mass is 10.3. The predicted molar refractivity (Wildman–Crippen MR) is 56.7 cm³/mol. The predicted octanol–water partition coefficient (Wildman–Crippen LogP) is 1.83. The highest BCUT2D eigenvalue weighted by Crippen LogP contribution is 2.24. The van der Waals surface area contributed by atoms with Crippen LogP contribution in [0.3, 0.4) is 0 Å². The molecule has 4 nitrogen and oxygen atoms in total. The fourth-order valence-corrected chi connectivity index (χ4v) is 2.05. The zero-order valence-electron chi connectivity index (χ0n) is 7.75. The van der Waals surface area contributed by atoms with Gasteiger partial charge in [0, 0.05) is 29.0 Å². The van der Waals surface area contributed by atoms with E-state index in [2.05, 4.69) is 9.97 Å². The molecule has 0 aliphatic rings. The Morgan fingerprint density at radius 3 is 3.00 bits per heavy atom. The van der Waals surface area contributed by atoms with Gasteiger partial charge < -0.3 is 5.11 Å². The quantitative estimate of drug-likeness (QED) is 0.857. The summed E-state index contributed by atoms with van der Waals surface area (Å²) < 4.78 is 0. The Labute approximate surface area is 90.3 Å². The number of aliphatic carboxylic acids is 1. The lowest BCUT2D eigenvalue weighted by Crippen LogP contribution is -1.97. The normalized spacial score (nSPS) is 10.1. The van der Waals surface area contributed by atoms with Crippen LogP contribution in [-0.2, 0) is 11.2 Å². The van der Waals surface area contributed by atoms with Gasteiger partial charge in [-0.3, -0.25) is 9.78 Å². The molecule has 2 aromatic rings. The van der Waals surface area contributed by atoms with E-state index < -0.39 is 5.97 Å². The smallest absolute Gasteiger partial charge is 0.308 e. The number of hydrogen-bond donors (Lipinski definition) is 1. The average Bonchev–Trinajstić information content (AvgIpc) is 2.67. The summed E-state index contributed by atoms with van der Waals surface area (Å²) in [6.07, 6.45) is 5.03. The second-order valence-electron chi connectivity index (χ2n) is 2.94. The molecule has 0 bridgehead atoms.